The second kappa shape index (κ2) is 7.25. The van der Waals surface area contributed by atoms with Crippen LogP contribution in [-0.4, -0.2) is 37.5 Å². The van der Waals surface area contributed by atoms with Crippen molar-refractivity contribution in [2.45, 2.75) is 18.9 Å². The standard InChI is InChI=1S/C18H21N3O3S/c1-25(23,24)21-13-5-8-17(21)18(22)20-16-11-9-15(10-12-16)19-14-6-3-2-4-7-14/h2-4,6-7,9-12,17,19H,5,8,13H2,1H3,(H,20,22)/t17-/m1/s1. The third kappa shape index (κ3) is 4.37. The number of anilines is 3. The van der Waals surface area contributed by atoms with Gasteiger partial charge >= 0.3 is 0 Å². The number of amides is 1. The van der Waals surface area contributed by atoms with Gasteiger partial charge in [-0.1, -0.05) is 18.2 Å². The van der Waals surface area contributed by atoms with Gasteiger partial charge in [0.05, 0.1) is 6.26 Å². The van der Waals surface area contributed by atoms with E-state index >= 15 is 0 Å². The highest BCUT2D eigenvalue weighted by molar-refractivity contribution is 7.88. The van der Waals surface area contributed by atoms with Gasteiger partial charge in [0.25, 0.3) is 0 Å². The van der Waals surface area contributed by atoms with E-state index in [2.05, 4.69) is 10.6 Å². The maximum atomic E-state index is 12.4. The Balaban J connectivity index is 1.64. The molecule has 1 heterocycles. The van der Waals surface area contributed by atoms with Crippen molar-refractivity contribution in [2.75, 3.05) is 23.4 Å². The van der Waals surface area contributed by atoms with Crippen LogP contribution >= 0.6 is 0 Å². The molecule has 1 amide bonds. The molecular formula is C18H21N3O3S. The summed E-state index contributed by atoms with van der Waals surface area (Å²) < 4.78 is 24.8. The molecule has 0 radical (unpaired) electrons. The van der Waals surface area contributed by atoms with Crippen LogP contribution in [0.3, 0.4) is 0 Å². The van der Waals surface area contributed by atoms with Crippen LogP contribution in [0.25, 0.3) is 0 Å². The van der Waals surface area contributed by atoms with Gasteiger partial charge in [-0.25, -0.2) is 8.42 Å². The van der Waals surface area contributed by atoms with Crippen molar-refractivity contribution < 1.29 is 13.2 Å². The predicted octanol–water partition coefficient (Wildman–Crippen LogP) is 2.79. The van der Waals surface area contributed by atoms with Gasteiger partial charge in [0.1, 0.15) is 6.04 Å². The Morgan fingerprint density at radius 3 is 2.24 bits per heavy atom. The molecule has 1 atom stereocenters. The molecule has 2 aromatic carbocycles. The summed E-state index contributed by atoms with van der Waals surface area (Å²) in [5.74, 6) is -0.285. The molecule has 7 heteroatoms. The summed E-state index contributed by atoms with van der Waals surface area (Å²) in [4.78, 5) is 12.4. The normalized spacial score (nSPS) is 18.0. The molecule has 1 aliphatic rings. The smallest absolute Gasteiger partial charge is 0.242 e. The Hall–Kier alpha value is -2.38. The molecule has 1 fully saturated rings. The summed E-state index contributed by atoms with van der Waals surface area (Å²) in [6.45, 7) is 0.400. The molecule has 1 aliphatic heterocycles. The van der Waals surface area contributed by atoms with Crippen LogP contribution in [-0.2, 0) is 14.8 Å². The van der Waals surface area contributed by atoms with Crippen LogP contribution in [0.5, 0.6) is 0 Å². The molecule has 0 spiro atoms. The first kappa shape index (κ1) is 17.4. The van der Waals surface area contributed by atoms with Gasteiger partial charge in [-0.15, -0.1) is 0 Å². The van der Waals surface area contributed by atoms with Crippen molar-refractivity contribution >= 4 is 33.0 Å². The first-order valence-electron chi connectivity index (χ1n) is 8.13. The highest BCUT2D eigenvalue weighted by atomic mass is 32.2. The molecule has 132 valence electrons. The Labute approximate surface area is 147 Å². The summed E-state index contributed by atoms with van der Waals surface area (Å²) in [5, 5.41) is 6.07. The van der Waals surface area contributed by atoms with Gasteiger partial charge in [0, 0.05) is 23.6 Å². The van der Waals surface area contributed by atoms with Crippen LogP contribution in [0.4, 0.5) is 17.1 Å². The Kier molecular flexibility index (Phi) is 5.06. The number of para-hydroxylation sites is 1. The number of carbonyl (C=O) groups is 1. The van der Waals surface area contributed by atoms with Crippen molar-refractivity contribution in [3.63, 3.8) is 0 Å². The van der Waals surface area contributed by atoms with Gasteiger partial charge < -0.3 is 10.6 Å². The van der Waals surface area contributed by atoms with Crippen LogP contribution in [0, 0.1) is 0 Å². The van der Waals surface area contributed by atoms with Gasteiger partial charge in [-0.05, 0) is 49.2 Å². The zero-order valence-corrected chi connectivity index (χ0v) is 14.8. The van der Waals surface area contributed by atoms with Crippen LogP contribution in [0.15, 0.2) is 54.6 Å². The average molecular weight is 359 g/mol. The number of carbonyl (C=O) groups excluding carboxylic acids is 1. The van der Waals surface area contributed by atoms with E-state index in [4.69, 9.17) is 0 Å². The molecule has 2 aromatic rings. The second-order valence-corrected chi connectivity index (χ2v) is 8.02. The summed E-state index contributed by atoms with van der Waals surface area (Å²) in [5.41, 5.74) is 2.53. The molecule has 2 N–H and O–H groups in total. The fraction of sp³-hybridized carbons (Fsp3) is 0.278. The van der Waals surface area contributed by atoms with Crippen molar-refractivity contribution in [2.24, 2.45) is 0 Å². The van der Waals surface area contributed by atoms with Gasteiger partial charge in [-0.2, -0.15) is 4.31 Å². The molecular weight excluding hydrogens is 338 g/mol. The second-order valence-electron chi connectivity index (χ2n) is 6.09. The predicted molar refractivity (Wildman–Crippen MR) is 99.4 cm³/mol. The minimum Gasteiger partial charge on any atom is -0.356 e. The number of nitrogens with one attached hydrogen (secondary N) is 2. The van der Waals surface area contributed by atoms with Crippen molar-refractivity contribution in [1.82, 2.24) is 4.31 Å². The highest BCUT2D eigenvalue weighted by Gasteiger charge is 2.36. The first-order chi connectivity index (χ1) is 11.9. The minimum atomic E-state index is -3.37. The number of benzene rings is 2. The Morgan fingerprint density at radius 2 is 1.60 bits per heavy atom. The van der Waals surface area contributed by atoms with E-state index in [1.165, 1.54) is 4.31 Å². The van der Waals surface area contributed by atoms with E-state index in [-0.39, 0.29) is 5.91 Å². The van der Waals surface area contributed by atoms with Crippen LogP contribution in [0.1, 0.15) is 12.8 Å². The highest BCUT2D eigenvalue weighted by Crippen LogP contribution is 2.23. The van der Waals surface area contributed by atoms with Gasteiger partial charge in [-0.3, -0.25) is 4.79 Å². The van der Waals surface area contributed by atoms with E-state index in [1.807, 2.05) is 42.5 Å². The lowest BCUT2D eigenvalue weighted by Gasteiger charge is -2.21. The zero-order chi connectivity index (χ0) is 17.9. The number of sulfonamides is 1. The molecule has 3 rings (SSSR count). The van der Waals surface area contributed by atoms with E-state index in [1.54, 1.807) is 12.1 Å². The van der Waals surface area contributed by atoms with E-state index < -0.39 is 16.1 Å². The molecule has 1 saturated heterocycles. The van der Waals surface area contributed by atoms with Crippen molar-refractivity contribution in [3.05, 3.63) is 54.6 Å². The molecule has 6 nitrogen and oxygen atoms in total. The largest absolute Gasteiger partial charge is 0.356 e. The monoisotopic (exact) mass is 359 g/mol. The lowest BCUT2D eigenvalue weighted by Crippen LogP contribution is -2.42. The summed E-state index contributed by atoms with van der Waals surface area (Å²) >= 11 is 0. The molecule has 25 heavy (non-hydrogen) atoms. The first-order valence-corrected chi connectivity index (χ1v) is 9.98. The SMILES string of the molecule is CS(=O)(=O)N1CCC[C@@H]1C(=O)Nc1ccc(Nc2ccccc2)cc1. The Morgan fingerprint density at radius 1 is 1.00 bits per heavy atom. The number of hydrogen-bond acceptors (Lipinski definition) is 4. The Bertz CT molecular complexity index is 836. The summed E-state index contributed by atoms with van der Waals surface area (Å²) in [7, 11) is -3.37. The quantitative estimate of drug-likeness (QED) is 0.860. The molecule has 0 aromatic heterocycles. The summed E-state index contributed by atoms with van der Waals surface area (Å²) in [6, 6.07) is 16.5. The minimum absolute atomic E-state index is 0.285. The molecule has 0 bridgehead atoms. The fourth-order valence-electron chi connectivity index (χ4n) is 2.95. The van der Waals surface area contributed by atoms with Gasteiger partial charge in [0.2, 0.25) is 15.9 Å². The van der Waals surface area contributed by atoms with E-state index in [0.29, 0.717) is 25.1 Å². The lowest BCUT2D eigenvalue weighted by atomic mass is 10.2. The third-order valence-corrected chi connectivity index (χ3v) is 5.44. The summed E-state index contributed by atoms with van der Waals surface area (Å²) in [6.07, 6.45) is 2.39. The fourth-order valence-corrected chi connectivity index (χ4v) is 4.07. The third-order valence-electron chi connectivity index (χ3n) is 4.15. The number of hydrogen-bond donors (Lipinski definition) is 2. The average Bonchev–Trinajstić information content (AvgIpc) is 3.08. The van der Waals surface area contributed by atoms with Gasteiger partial charge in [0.15, 0.2) is 0 Å². The lowest BCUT2D eigenvalue weighted by molar-refractivity contribution is -0.119. The topological polar surface area (TPSA) is 78.5 Å². The van der Waals surface area contributed by atoms with Crippen LogP contribution in [0.2, 0.25) is 0 Å². The van der Waals surface area contributed by atoms with Crippen molar-refractivity contribution in [3.8, 4) is 0 Å². The maximum Gasteiger partial charge on any atom is 0.242 e. The number of nitrogens with zero attached hydrogens (tertiary/aromatic N) is 1. The van der Waals surface area contributed by atoms with E-state index in [0.717, 1.165) is 17.6 Å². The maximum absolute atomic E-state index is 12.4. The number of rotatable bonds is 5. The van der Waals surface area contributed by atoms with E-state index in [9.17, 15) is 13.2 Å². The zero-order valence-electron chi connectivity index (χ0n) is 14.0. The van der Waals surface area contributed by atoms with Crippen molar-refractivity contribution in [1.29, 1.82) is 0 Å². The molecule has 0 aliphatic carbocycles. The molecule has 0 saturated carbocycles. The van der Waals surface area contributed by atoms with Crippen LogP contribution < -0.4 is 10.6 Å². The molecule has 0 unspecified atom stereocenters.